The van der Waals surface area contributed by atoms with Gasteiger partial charge in [0, 0.05) is 10.5 Å². The lowest BCUT2D eigenvalue weighted by Gasteiger charge is -2.10. The predicted molar refractivity (Wildman–Crippen MR) is 116 cm³/mol. The van der Waals surface area contributed by atoms with Gasteiger partial charge in [-0.1, -0.05) is 39.7 Å². The van der Waals surface area contributed by atoms with Crippen molar-refractivity contribution in [3.63, 3.8) is 0 Å². The molecule has 6 nitrogen and oxygen atoms in total. The summed E-state index contributed by atoms with van der Waals surface area (Å²) in [5.74, 6) is -0.00697. The summed E-state index contributed by atoms with van der Waals surface area (Å²) in [7, 11) is -2.32. The van der Waals surface area contributed by atoms with Crippen molar-refractivity contribution >= 4 is 38.0 Å². The molecule has 0 aromatic heterocycles. The van der Waals surface area contributed by atoms with Crippen molar-refractivity contribution < 1.29 is 22.7 Å². The zero-order valence-corrected chi connectivity index (χ0v) is 18.7. The third-order valence-corrected chi connectivity index (χ3v) is 5.91. The normalized spacial score (nSPS) is 12.1. The summed E-state index contributed by atoms with van der Waals surface area (Å²) in [4.78, 5) is 12.0. The number of nitrogens with one attached hydrogen (secondary N) is 1. The van der Waals surface area contributed by atoms with E-state index < -0.39 is 16.0 Å². The molecule has 0 radical (unpaired) electrons. The number of sulfonamides is 1. The van der Waals surface area contributed by atoms with Crippen LogP contribution in [0.5, 0.6) is 5.75 Å². The minimum absolute atomic E-state index is 0.0683. The van der Waals surface area contributed by atoms with E-state index in [9.17, 15) is 13.2 Å². The Bertz CT molecular complexity index is 1030. The summed E-state index contributed by atoms with van der Waals surface area (Å²) >= 11 is 3.43. The van der Waals surface area contributed by atoms with Gasteiger partial charge < -0.3 is 9.47 Å². The van der Waals surface area contributed by atoms with E-state index in [1.165, 1.54) is 18.2 Å². The van der Waals surface area contributed by atoms with E-state index in [1.54, 1.807) is 44.4 Å². The first-order valence-electron chi connectivity index (χ1n) is 8.74. The Labute approximate surface area is 179 Å². The molecule has 0 unspecified atom stereocenters. The second-order valence-corrected chi connectivity index (χ2v) is 8.53. The van der Waals surface area contributed by atoms with Crippen molar-refractivity contribution in [3.05, 3.63) is 75.9 Å². The zero-order valence-electron chi connectivity index (χ0n) is 16.3. The number of carbonyl (C=O) groups excluding carboxylic acids is 1. The van der Waals surface area contributed by atoms with E-state index in [2.05, 4.69) is 20.7 Å². The molecule has 1 N–H and O–H groups in total. The molecule has 0 heterocycles. The first-order chi connectivity index (χ1) is 13.7. The second-order valence-electron chi connectivity index (χ2n) is 5.99. The minimum atomic E-state index is -3.88. The highest BCUT2D eigenvalue weighted by Crippen LogP contribution is 2.24. The maximum atomic E-state index is 12.7. The van der Waals surface area contributed by atoms with Crippen molar-refractivity contribution in [1.29, 1.82) is 0 Å². The second kappa shape index (κ2) is 10.3. The summed E-state index contributed by atoms with van der Waals surface area (Å²) in [6, 6.07) is 11.8. The van der Waals surface area contributed by atoms with Gasteiger partial charge in [0.2, 0.25) is 0 Å². The summed E-state index contributed by atoms with van der Waals surface area (Å²) in [5, 5.41) is 0. The predicted octanol–water partition coefficient (Wildman–Crippen LogP) is 4.20. The number of carbonyl (C=O) groups is 1. The van der Waals surface area contributed by atoms with Crippen LogP contribution in [0.1, 0.15) is 18.1 Å². The van der Waals surface area contributed by atoms with Crippen molar-refractivity contribution in [1.82, 2.24) is 4.72 Å². The van der Waals surface area contributed by atoms with Crippen LogP contribution in [0.15, 0.2) is 69.7 Å². The average molecular weight is 480 g/mol. The van der Waals surface area contributed by atoms with Crippen LogP contribution < -0.4 is 9.46 Å². The van der Waals surface area contributed by atoms with Gasteiger partial charge in [-0.2, -0.15) is 0 Å². The number of esters is 1. The quantitative estimate of drug-likeness (QED) is 0.348. The summed E-state index contributed by atoms with van der Waals surface area (Å²) in [6.07, 6.45) is 4.25. The summed E-state index contributed by atoms with van der Waals surface area (Å²) < 4.78 is 38.7. The van der Waals surface area contributed by atoms with Gasteiger partial charge in [-0.3, -0.25) is 4.72 Å². The fourth-order valence-electron chi connectivity index (χ4n) is 2.31. The molecule has 0 aliphatic heterocycles. The molecule has 0 spiro atoms. The molecular formula is C21H22BrNO5S. The Morgan fingerprint density at radius 2 is 1.86 bits per heavy atom. The monoisotopic (exact) mass is 479 g/mol. The van der Waals surface area contributed by atoms with E-state index in [4.69, 9.17) is 9.47 Å². The highest BCUT2D eigenvalue weighted by atomic mass is 79.9. The minimum Gasteiger partial charge on any atom is -0.497 e. The van der Waals surface area contributed by atoms with Gasteiger partial charge in [0.25, 0.3) is 10.0 Å². The lowest BCUT2D eigenvalue weighted by atomic mass is 10.2. The topological polar surface area (TPSA) is 81.7 Å². The lowest BCUT2D eigenvalue weighted by Crippen LogP contribution is -2.23. The van der Waals surface area contributed by atoms with Gasteiger partial charge in [0.1, 0.15) is 5.75 Å². The lowest BCUT2D eigenvalue weighted by molar-refractivity contribution is -0.137. The Hall–Kier alpha value is -2.58. The fraction of sp³-hybridized carbons (Fsp3) is 0.190. The van der Waals surface area contributed by atoms with Crippen molar-refractivity contribution in [2.75, 3.05) is 13.7 Å². The van der Waals surface area contributed by atoms with Gasteiger partial charge >= 0.3 is 5.97 Å². The van der Waals surface area contributed by atoms with Crippen LogP contribution in [0.2, 0.25) is 0 Å². The average Bonchev–Trinajstić information content (AvgIpc) is 2.67. The fourth-order valence-corrected chi connectivity index (χ4v) is 3.74. The molecule has 0 saturated carbocycles. The maximum absolute atomic E-state index is 12.7. The van der Waals surface area contributed by atoms with E-state index in [0.29, 0.717) is 5.75 Å². The molecule has 0 aliphatic carbocycles. The van der Waals surface area contributed by atoms with E-state index in [-0.39, 0.29) is 17.2 Å². The molecule has 0 amide bonds. The molecule has 0 saturated heterocycles. The molecule has 0 bridgehead atoms. The number of hydrogen-bond acceptors (Lipinski definition) is 5. The van der Waals surface area contributed by atoms with Gasteiger partial charge in [-0.15, -0.1) is 0 Å². The number of benzene rings is 2. The number of ether oxygens (including phenoxy) is 2. The summed E-state index contributed by atoms with van der Waals surface area (Å²) in [6.45, 7) is 3.72. The largest absolute Gasteiger partial charge is 0.497 e. The van der Waals surface area contributed by atoms with Crippen LogP contribution in [0.3, 0.4) is 0 Å². The highest BCUT2D eigenvalue weighted by Gasteiger charge is 2.15. The molecule has 2 aromatic rings. The van der Waals surface area contributed by atoms with Crippen LogP contribution in [0.25, 0.3) is 6.08 Å². The Kier molecular flexibility index (Phi) is 8.04. The molecular weight excluding hydrogens is 458 g/mol. The first kappa shape index (κ1) is 22.7. The molecule has 29 heavy (non-hydrogen) atoms. The van der Waals surface area contributed by atoms with Crippen LogP contribution in [-0.4, -0.2) is 28.1 Å². The molecule has 0 atom stereocenters. The Morgan fingerprint density at radius 1 is 1.17 bits per heavy atom. The number of methoxy groups -OCH3 is 1. The van der Waals surface area contributed by atoms with Crippen molar-refractivity contribution in [2.45, 2.75) is 18.7 Å². The van der Waals surface area contributed by atoms with Crippen molar-refractivity contribution in [3.8, 4) is 5.75 Å². The van der Waals surface area contributed by atoms with Crippen LogP contribution in [0, 0.1) is 6.92 Å². The van der Waals surface area contributed by atoms with E-state index >= 15 is 0 Å². The number of rotatable bonds is 8. The smallest absolute Gasteiger partial charge is 0.332 e. The molecule has 2 aromatic carbocycles. The molecule has 0 aliphatic rings. The van der Waals surface area contributed by atoms with Crippen LogP contribution in [0.4, 0.5) is 0 Å². The zero-order chi connectivity index (χ0) is 21.4. The molecule has 154 valence electrons. The third-order valence-electron chi connectivity index (χ3n) is 3.79. The Morgan fingerprint density at radius 3 is 2.48 bits per heavy atom. The van der Waals surface area contributed by atoms with E-state index in [1.807, 2.05) is 13.0 Å². The third kappa shape index (κ3) is 6.76. The molecule has 0 fully saturated rings. The SMILES string of the molecule is CCOC(=O)/C=C(/C=C/c1cc(OC)ccc1Br)NS(=O)(=O)c1ccc(C)cc1. The van der Waals surface area contributed by atoms with Crippen LogP contribution >= 0.6 is 15.9 Å². The van der Waals surface area contributed by atoms with Crippen LogP contribution in [-0.2, 0) is 19.6 Å². The molecule has 8 heteroatoms. The number of halogens is 1. The standard InChI is InChI=1S/C21H22BrNO5S/c1-4-28-21(24)14-17(8-7-16-13-18(27-3)9-12-20(16)22)23-29(25,26)19-10-5-15(2)6-11-19/h5-14,23H,4H2,1-3H3/b8-7+,17-14-. The summed E-state index contributed by atoms with van der Waals surface area (Å²) in [5.41, 5.74) is 1.75. The first-order valence-corrected chi connectivity index (χ1v) is 11.0. The van der Waals surface area contributed by atoms with Gasteiger partial charge in [0.05, 0.1) is 24.3 Å². The molecule has 2 rings (SSSR count). The van der Waals surface area contributed by atoms with Crippen molar-refractivity contribution in [2.24, 2.45) is 0 Å². The number of allylic oxidation sites excluding steroid dienone is 1. The number of hydrogen-bond donors (Lipinski definition) is 1. The van der Waals surface area contributed by atoms with Gasteiger partial charge in [0.15, 0.2) is 0 Å². The maximum Gasteiger partial charge on any atom is 0.332 e. The van der Waals surface area contributed by atoms with Gasteiger partial charge in [-0.25, -0.2) is 13.2 Å². The number of aryl methyl sites for hydroxylation is 1. The Balaban J connectivity index is 2.37. The van der Waals surface area contributed by atoms with Gasteiger partial charge in [-0.05, 0) is 55.8 Å². The van der Waals surface area contributed by atoms with E-state index in [0.717, 1.165) is 21.7 Å². The highest BCUT2D eigenvalue weighted by molar-refractivity contribution is 9.10.